The van der Waals surface area contributed by atoms with Crippen molar-refractivity contribution < 1.29 is 17.6 Å². The Balaban J connectivity index is 1.79. The molecule has 1 aromatic heterocycles. The maximum absolute atomic E-state index is 12.2. The number of carbonyl (C=O) groups excluding carboxylic acids is 1. The predicted molar refractivity (Wildman–Crippen MR) is 103 cm³/mol. The van der Waals surface area contributed by atoms with E-state index in [0.29, 0.717) is 28.2 Å². The second-order valence-electron chi connectivity index (χ2n) is 6.81. The molecule has 1 saturated carbocycles. The summed E-state index contributed by atoms with van der Waals surface area (Å²) in [7, 11) is -3.32. The van der Waals surface area contributed by atoms with Gasteiger partial charge in [0.2, 0.25) is 11.8 Å². The number of sulfone groups is 1. The van der Waals surface area contributed by atoms with Crippen LogP contribution in [0.2, 0.25) is 0 Å². The molecule has 7 heteroatoms. The van der Waals surface area contributed by atoms with Crippen LogP contribution in [0.5, 0.6) is 0 Å². The van der Waals surface area contributed by atoms with Crippen LogP contribution >= 0.6 is 0 Å². The Morgan fingerprint density at radius 3 is 2.74 bits per heavy atom. The number of aromatic nitrogens is 1. The lowest BCUT2D eigenvalue weighted by molar-refractivity contribution is -0.117. The molecular weight excluding hydrogens is 364 g/mol. The Kier molecular flexibility index (Phi) is 4.26. The number of nitrogens with one attached hydrogen (secondary N) is 1. The number of oxazole rings is 1. The predicted octanol–water partition coefficient (Wildman–Crippen LogP) is 3.95. The second-order valence-corrected chi connectivity index (χ2v) is 9.09. The highest BCUT2D eigenvalue weighted by Crippen LogP contribution is 2.36. The summed E-state index contributed by atoms with van der Waals surface area (Å²) in [5, 5.41) is 2.97. The van der Waals surface area contributed by atoms with Crippen molar-refractivity contribution in [3.05, 3.63) is 42.0 Å². The fraction of sp³-hybridized carbons (Fsp3) is 0.300. The molecule has 0 aliphatic heterocycles. The van der Waals surface area contributed by atoms with E-state index in [-0.39, 0.29) is 22.5 Å². The highest BCUT2D eigenvalue weighted by molar-refractivity contribution is 7.91. The van der Waals surface area contributed by atoms with Crippen LogP contribution in [-0.2, 0) is 14.6 Å². The number of amides is 1. The van der Waals surface area contributed by atoms with Gasteiger partial charge in [-0.05, 0) is 49.6 Å². The minimum Gasteiger partial charge on any atom is -0.436 e. The quantitative estimate of drug-likeness (QED) is 0.719. The van der Waals surface area contributed by atoms with Crippen LogP contribution in [-0.4, -0.2) is 25.1 Å². The van der Waals surface area contributed by atoms with Gasteiger partial charge in [-0.15, -0.1) is 0 Å². The Morgan fingerprint density at radius 1 is 1.26 bits per heavy atom. The van der Waals surface area contributed by atoms with Gasteiger partial charge < -0.3 is 9.73 Å². The average Bonchev–Trinajstić information content (AvgIpc) is 3.41. The molecule has 2 aromatic carbocycles. The number of aryl methyl sites for hydroxylation is 1. The maximum Gasteiger partial charge on any atom is 0.229 e. The molecule has 1 amide bonds. The summed E-state index contributed by atoms with van der Waals surface area (Å²) < 4.78 is 30.1. The molecule has 1 fully saturated rings. The lowest BCUT2D eigenvalue weighted by Crippen LogP contribution is -2.14. The van der Waals surface area contributed by atoms with Gasteiger partial charge in [-0.25, -0.2) is 13.4 Å². The zero-order chi connectivity index (χ0) is 19.2. The van der Waals surface area contributed by atoms with Gasteiger partial charge in [0.05, 0.1) is 21.9 Å². The molecule has 0 saturated heterocycles. The monoisotopic (exact) mass is 384 g/mol. The van der Waals surface area contributed by atoms with Gasteiger partial charge in [-0.1, -0.05) is 19.1 Å². The van der Waals surface area contributed by atoms with Gasteiger partial charge in [0.15, 0.2) is 15.4 Å². The van der Waals surface area contributed by atoms with E-state index in [1.165, 1.54) is 12.1 Å². The molecule has 1 aliphatic carbocycles. The summed E-state index contributed by atoms with van der Waals surface area (Å²) in [6.45, 7) is 3.53. The van der Waals surface area contributed by atoms with E-state index in [1.54, 1.807) is 13.0 Å². The Hall–Kier alpha value is -2.67. The van der Waals surface area contributed by atoms with Crippen LogP contribution in [0, 0.1) is 12.8 Å². The summed E-state index contributed by atoms with van der Waals surface area (Å²) in [6.07, 6.45) is 1.84. The highest BCUT2D eigenvalue weighted by atomic mass is 32.2. The Morgan fingerprint density at radius 2 is 2.04 bits per heavy atom. The molecular formula is C20H20N2O4S. The van der Waals surface area contributed by atoms with Crippen LogP contribution in [0.3, 0.4) is 0 Å². The molecule has 0 radical (unpaired) electrons. The number of carbonyl (C=O) groups is 1. The number of anilines is 1. The number of hydrogen-bond donors (Lipinski definition) is 1. The first-order valence-corrected chi connectivity index (χ1v) is 10.6. The minimum absolute atomic E-state index is 0.00860. The number of benzene rings is 2. The van der Waals surface area contributed by atoms with E-state index < -0.39 is 9.84 Å². The molecule has 1 heterocycles. The average molecular weight is 384 g/mol. The maximum atomic E-state index is 12.2. The molecule has 1 aliphatic rings. The third kappa shape index (κ3) is 3.35. The molecule has 0 atom stereocenters. The van der Waals surface area contributed by atoms with E-state index in [2.05, 4.69) is 10.3 Å². The first-order valence-electron chi connectivity index (χ1n) is 8.93. The lowest BCUT2D eigenvalue weighted by Gasteiger charge is -2.10. The summed E-state index contributed by atoms with van der Waals surface area (Å²) >= 11 is 0. The van der Waals surface area contributed by atoms with Gasteiger partial charge in [0.1, 0.15) is 5.52 Å². The minimum atomic E-state index is -3.32. The van der Waals surface area contributed by atoms with E-state index in [4.69, 9.17) is 4.42 Å². The zero-order valence-corrected chi connectivity index (χ0v) is 16.0. The van der Waals surface area contributed by atoms with Crippen molar-refractivity contribution in [3.8, 4) is 11.5 Å². The SMILES string of the molecule is CCS(=O)(=O)c1ccc2oc(-c3c(C)cccc3NC(=O)C3CC3)nc2c1. The molecule has 0 bridgehead atoms. The van der Waals surface area contributed by atoms with E-state index in [0.717, 1.165) is 18.4 Å². The largest absolute Gasteiger partial charge is 0.436 e. The van der Waals surface area contributed by atoms with Crippen LogP contribution in [0.25, 0.3) is 22.6 Å². The number of hydrogen-bond acceptors (Lipinski definition) is 5. The fourth-order valence-electron chi connectivity index (χ4n) is 3.01. The third-order valence-electron chi connectivity index (χ3n) is 4.79. The van der Waals surface area contributed by atoms with Crippen LogP contribution in [0.15, 0.2) is 45.7 Å². The summed E-state index contributed by atoms with van der Waals surface area (Å²) in [5.74, 6) is 0.483. The van der Waals surface area contributed by atoms with E-state index >= 15 is 0 Å². The first-order chi connectivity index (χ1) is 12.9. The van der Waals surface area contributed by atoms with E-state index in [1.807, 2.05) is 25.1 Å². The molecule has 27 heavy (non-hydrogen) atoms. The number of fused-ring (bicyclic) bond motifs is 1. The van der Waals surface area contributed by atoms with Crippen molar-refractivity contribution in [2.24, 2.45) is 5.92 Å². The fourth-order valence-corrected chi connectivity index (χ4v) is 3.91. The molecule has 0 spiro atoms. The molecule has 1 N–H and O–H groups in total. The lowest BCUT2D eigenvalue weighted by atomic mass is 10.1. The van der Waals surface area contributed by atoms with Crippen molar-refractivity contribution in [2.75, 3.05) is 11.1 Å². The van der Waals surface area contributed by atoms with Crippen LogP contribution in [0.4, 0.5) is 5.69 Å². The van der Waals surface area contributed by atoms with Gasteiger partial charge >= 0.3 is 0 Å². The molecule has 0 unspecified atom stereocenters. The van der Waals surface area contributed by atoms with Gasteiger partial charge in [-0.2, -0.15) is 0 Å². The van der Waals surface area contributed by atoms with E-state index in [9.17, 15) is 13.2 Å². The summed E-state index contributed by atoms with van der Waals surface area (Å²) in [5.41, 5.74) is 3.25. The highest BCUT2D eigenvalue weighted by Gasteiger charge is 2.30. The topological polar surface area (TPSA) is 89.3 Å². The van der Waals surface area contributed by atoms with Crippen LogP contribution in [0.1, 0.15) is 25.3 Å². The Labute approximate surface area is 157 Å². The van der Waals surface area contributed by atoms with Crippen molar-refractivity contribution in [2.45, 2.75) is 31.6 Å². The number of nitrogens with zero attached hydrogens (tertiary/aromatic N) is 1. The third-order valence-corrected chi connectivity index (χ3v) is 6.52. The van der Waals surface area contributed by atoms with Crippen LogP contribution < -0.4 is 5.32 Å². The second kappa shape index (κ2) is 6.49. The standard InChI is InChI=1S/C20H20N2O4S/c1-3-27(24,25)14-9-10-17-16(11-14)22-20(26-17)18-12(2)5-4-6-15(18)21-19(23)13-7-8-13/h4-6,9-11,13H,3,7-8H2,1-2H3,(H,21,23). The first kappa shape index (κ1) is 17.7. The van der Waals surface area contributed by atoms with Crippen molar-refractivity contribution in [1.82, 2.24) is 4.98 Å². The molecule has 3 aromatic rings. The van der Waals surface area contributed by atoms with Crippen molar-refractivity contribution in [3.63, 3.8) is 0 Å². The van der Waals surface area contributed by atoms with Crippen molar-refractivity contribution in [1.29, 1.82) is 0 Å². The molecule has 4 rings (SSSR count). The van der Waals surface area contributed by atoms with Crippen molar-refractivity contribution >= 4 is 32.5 Å². The molecule has 6 nitrogen and oxygen atoms in total. The smallest absolute Gasteiger partial charge is 0.229 e. The Bertz CT molecular complexity index is 1140. The summed E-state index contributed by atoms with van der Waals surface area (Å²) in [6, 6.07) is 10.3. The number of rotatable bonds is 5. The van der Waals surface area contributed by atoms with Gasteiger partial charge in [-0.3, -0.25) is 4.79 Å². The summed E-state index contributed by atoms with van der Waals surface area (Å²) in [4.78, 5) is 16.9. The van der Waals surface area contributed by atoms with Gasteiger partial charge in [0, 0.05) is 5.92 Å². The normalized spacial score (nSPS) is 14.4. The molecule has 140 valence electrons. The van der Waals surface area contributed by atoms with Gasteiger partial charge in [0.25, 0.3) is 0 Å². The zero-order valence-electron chi connectivity index (χ0n) is 15.2.